The lowest BCUT2D eigenvalue weighted by Gasteiger charge is -2.42. The van der Waals surface area contributed by atoms with Crippen molar-refractivity contribution in [2.75, 3.05) is 13.7 Å². The molecule has 1 aromatic carbocycles. The summed E-state index contributed by atoms with van der Waals surface area (Å²) in [7, 11) is -2.19. The molecule has 0 amide bonds. The van der Waals surface area contributed by atoms with Crippen LogP contribution in [0.4, 0.5) is 0 Å². The number of rotatable bonds is 5. The van der Waals surface area contributed by atoms with Gasteiger partial charge in [-0.1, -0.05) is 31.9 Å². The minimum absolute atomic E-state index is 0.165. The molecule has 0 saturated heterocycles. The lowest BCUT2D eigenvalue weighted by atomic mass is 9.74. The maximum absolute atomic E-state index is 12.7. The van der Waals surface area contributed by atoms with E-state index in [0.29, 0.717) is 12.3 Å². The molecular weight excluding hydrogens is 288 g/mol. The van der Waals surface area contributed by atoms with Crippen molar-refractivity contribution in [3.05, 3.63) is 24.3 Å². The summed E-state index contributed by atoms with van der Waals surface area (Å²) in [6.45, 7) is 2.37. The number of hydrogen-bond donors (Lipinski definition) is 2. The monoisotopic (exact) mass is 312 g/mol. The second-order valence-corrected chi connectivity index (χ2v) is 7.41. The molecule has 1 saturated carbocycles. The van der Waals surface area contributed by atoms with E-state index >= 15 is 0 Å². The minimum atomic E-state index is -3.66. The van der Waals surface area contributed by atoms with Crippen LogP contribution in [0.5, 0.6) is 5.75 Å². The molecule has 1 fully saturated rings. The molecule has 1 aromatic rings. The Balaban J connectivity index is 2.35. The molecule has 0 radical (unpaired) electrons. The summed E-state index contributed by atoms with van der Waals surface area (Å²) >= 11 is 0. The first-order valence-corrected chi connectivity index (χ1v) is 8.80. The van der Waals surface area contributed by atoms with E-state index in [1.165, 1.54) is 7.11 Å². The molecule has 1 aliphatic carbocycles. The van der Waals surface area contributed by atoms with Crippen molar-refractivity contribution in [1.82, 2.24) is 4.72 Å². The fraction of sp³-hybridized carbons (Fsp3) is 0.600. The molecule has 2 rings (SSSR count). The second-order valence-electron chi connectivity index (χ2n) is 5.76. The van der Waals surface area contributed by atoms with Gasteiger partial charge in [-0.2, -0.15) is 0 Å². The summed E-state index contributed by atoms with van der Waals surface area (Å²) in [4.78, 5) is 0.165. The number of para-hydroxylation sites is 1. The first-order chi connectivity index (χ1) is 9.95. The summed E-state index contributed by atoms with van der Waals surface area (Å²) in [5.74, 6) is 0.571. The minimum Gasteiger partial charge on any atom is -0.495 e. The van der Waals surface area contributed by atoms with Gasteiger partial charge in [0.05, 0.1) is 7.11 Å². The van der Waals surface area contributed by atoms with Crippen LogP contribution in [0, 0.1) is 5.92 Å². The van der Waals surface area contributed by atoms with E-state index in [4.69, 9.17) is 10.5 Å². The Kier molecular flexibility index (Phi) is 4.91. The molecule has 5 nitrogen and oxygen atoms in total. The number of nitrogens with one attached hydrogen (secondary N) is 1. The Labute approximate surface area is 126 Å². The van der Waals surface area contributed by atoms with Gasteiger partial charge >= 0.3 is 0 Å². The fourth-order valence-corrected chi connectivity index (χ4v) is 4.78. The zero-order chi connectivity index (χ0) is 15.5. The van der Waals surface area contributed by atoms with Gasteiger partial charge in [0.15, 0.2) is 0 Å². The lowest BCUT2D eigenvalue weighted by molar-refractivity contribution is 0.191. The van der Waals surface area contributed by atoms with E-state index in [1.54, 1.807) is 24.3 Å². The third kappa shape index (κ3) is 3.22. The normalized spacial score (nSPS) is 26.5. The van der Waals surface area contributed by atoms with E-state index < -0.39 is 15.6 Å². The molecular formula is C15H24N2O3S. The maximum atomic E-state index is 12.7. The van der Waals surface area contributed by atoms with E-state index in [2.05, 4.69) is 11.6 Å². The van der Waals surface area contributed by atoms with Crippen LogP contribution < -0.4 is 15.2 Å². The van der Waals surface area contributed by atoms with E-state index in [-0.39, 0.29) is 10.8 Å². The van der Waals surface area contributed by atoms with E-state index in [9.17, 15) is 8.42 Å². The molecule has 2 atom stereocenters. The van der Waals surface area contributed by atoms with Crippen LogP contribution in [0.2, 0.25) is 0 Å². The summed E-state index contributed by atoms with van der Waals surface area (Å²) in [6, 6.07) is 6.64. The molecule has 3 N–H and O–H groups in total. The number of ether oxygens (including phenoxy) is 1. The van der Waals surface area contributed by atoms with Gasteiger partial charge in [-0.15, -0.1) is 0 Å². The quantitative estimate of drug-likeness (QED) is 0.870. The van der Waals surface area contributed by atoms with Crippen molar-refractivity contribution >= 4 is 10.0 Å². The van der Waals surface area contributed by atoms with Crippen molar-refractivity contribution < 1.29 is 13.2 Å². The zero-order valence-corrected chi connectivity index (χ0v) is 13.4. The Morgan fingerprint density at radius 3 is 2.71 bits per heavy atom. The number of methoxy groups -OCH3 is 1. The number of nitrogens with two attached hydrogens (primary N) is 1. The average molecular weight is 312 g/mol. The Hall–Kier alpha value is -1.11. The number of benzene rings is 1. The maximum Gasteiger partial charge on any atom is 0.244 e. The largest absolute Gasteiger partial charge is 0.495 e. The molecule has 0 heterocycles. The predicted molar refractivity (Wildman–Crippen MR) is 82.7 cm³/mol. The molecule has 118 valence electrons. The van der Waals surface area contributed by atoms with Gasteiger partial charge < -0.3 is 10.5 Å². The van der Waals surface area contributed by atoms with Crippen LogP contribution >= 0.6 is 0 Å². The van der Waals surface area contributed by atoms with Gasteiger partial charge in [0.25, 0.3) is 0 Å². The van der Waals surface area contributed by atoms with Crippen molar-refractivity contribution in [3.63, 3.8) is 0 Å². The van der Waals surface area contributed by atoms with Crippen LogP contribution in [0.3, 0.4) is 0 Å². The van der Waals surface area contributed by atoms with Gasteiger partial charge in [-0.25, -0.2) is 13.1 Å². The first kappa shape index (κ1) is 16.3. The van der Waals surface area contributed by atoms with Crippen LogP contribution in [-0.2, 0) is 10.0 Å². The highest BCUT2D eigenvalue weighted by Gasteiger charge is 2.41. The van der Waals surface area contributed by atoms with Crippen LogP contribution in [0.1, 0.15) is 32.6 Å². The zero-order valence-electron chi connectivity index (χ0n) is 12.6. The third-order valence-corrected chi connectivity index (χ3v) is 6.11. The molecule has 0 aliphatic heterocycles. The fourth-order valence-electron chi connectivity index (χ4n) is 3.07. The summed E-state index contributed by atoms with van der Waals surface area (Å²) < 4.78 is 33.5. The highest BCUT2D eigenvalue weighted by molar-refractivity contribution is 7.89. The van der Waals surface area contributed by atoms with Crippen molar-refractivity contribution in [2.24, 2.45) is 11.7 Å². The van der Waals surface area contributed by atoms with E-state index in [0.717, 1.165) is 25.7 Å². The predicted octanol–water partition coefficient (Wildman–Crippen LogP) is 1.88. The highest BCUT2D eigenvalue weighted by Crippen LogP contribution is 2.35. The topological polar surface area (TPSA) is 81.4 Å². The Bertz CT molecular complexity index is 588. The number of sulfonamides is 1. The lowest BCUT2D eigenvalue weighted by Crippen LogP contribution is -2.58. The second kappa shape index (κ2) is 6.34. The van der Waals surface area contributed by atoms with Gasteiger partial charge in [-0.05, 0) is 30.9 Å². The van der Waals surface area contributed by atoms with Gasteiger partial charge in [-0.3, -0.25) is 0 Å². The molecule has 21 heavy (non-hydrogen) atoms. The SMILES string of the molecule is COc1ccccc1S(=O)(=O)NC1(CN)CCCCC1C. The van der Waals surface area contributed by atoms with Gasteiger partial charge in [0.1, 0.15) is 10.6 Å². The molecule has 6 heteroatoms. The Morgan fingerprint density at radius 2 is 2.10 bits per heavy atom. The molecule has 0 bridgehead atoms. The number of hydrogen-bond acceptors (Lipinski definition) is 4. The smallest absolute Gasteiger partial charge is 0.244 e. The molecule has 1 aliphatic rings. The first-order valence-electron chi connectivity index (χ1n) is 7.32. The summed E-state index contributed by atoms with van der Waals surface area (Å²) in [5.41, 5.74) is 5.37. The van der Waals surface area contributed by atoms with Gasteiger partial charge in [0.2, 0.25) is 10.0 Å². The Morgan fingerprint density at radius 1 is 1.38 bits per heavy atom. The van der Waals surface area contributed by atoms with Crippen LogP contribution in [0.15, 0.2) is 29.2 Å². The molecule has 0 spiro atoms. The standard InChI is InChI=1S/C15H24N2O3S/c1-12-7-5-6-10-15(12,11-16)17-21(18,19)14-9-4-3-8-13(14)20-2/h3-4,8-9,12,17H,5-7,10-11,16H2,1-2H3. The van der Waals surface area contributed by atoms with Crippen molar-refractivity contribution in [3.8, 4) is 5.75 Å². The van der Waals surface area contributed by atoms with Crippen molar-refractivity contribution in [2.45, 2.75) is 43.0 Å². The summed E-state index contributed by atoms with van der Waals surface area (Å²) in [5, 5.41) is 0. The molecule has 2 unspecified atom stereocenters. The third-order valence-electron chi connectivity index (χ3n) is 4.51. The van der Waals surface area contributed by atoms with Gasteiger partial charge in [0, 0.05) is 12.1 Å². The van der Waals surface area contributed by atoms with Crippen molar-refractivity contribution in [1.29, 1.82) is 0 Å². The van der Waals surface area contributed by atoms with E-state index in [1.807, 2.05) is 0 Å². The summed E-state index contributed by atoms with van der Waals surface area (Å²) in [6.07, 6.45) is 3.89. The molecule has 0 aromatic heterocycles. The average Bonchev–Trinajstić information content (AvgIpc) is 2.49. The highest BCUT2D eigenvalue weighted by atomic mass is 32.2. The van der Waals surface area contributed by atoms with Crippen LogP contribution in [0.25, 0.3) is 0 Å². The van der Waals surface area contributed by atoms with Crippen LogP contribution in [-0.4, -0.2) is 27.6 Å².